The molecule has 5 heteroatoms. The Morgan fingerprint density at radius 2 is 2.42 bits per heavy atom. The summed E-state index contributed by atoms with van der Waals surface area (Å²) in [6, 6.07) is 0. The summed E-state index contributed by atoms with van der Waals surface area (Å²) in [5.41, 5.74) is 1.56. The standard InChI is InChI=1S/C7H6N2O3/c10-7(11)6-8-1-4-2-12-3-5(4)9-6/h1H,2-3H2,(H,10,11). The van der Waals surface area contributed by atoms with E-state index in [1.807, 2.05) is 0 Å². The van der Waals surface area contributed by atoms with Gasteiger partial charge in [0.1, 0.15) is 0 Å². The van der Waals surface area contributed by atoms with Gasteiger partial charge in [0.25, 0.3) is 0 Å². The van der Waals surface area contributed by atoms with E-state index in [0.29, 0.717) is 18.9 Å². The van der Waals surface area contributed by atoms with Crippen LogP contribution in [-0.2, 0) is 18.0 Å². The maximum Gasteiger partial charge on any atom is 0.373 e. The highest BCUT2D eigenvalue weighted by atomic mass is 16.5. The van der Waals surface area contributed by atoms with Crippen LogP contribution in [0, 0.1) is 0 Å². The molecule has 0 atom stereocenters. The molecule has 0 bridgehead atoms. The van der Waals surface area contributed by atoms with Gasteiger partial charge in [-0.2, -0.15) is 0 Å². The topological polar surface area (TPSA) is 72.3 Å². The van der Waals surface area contributed by atoms with E-state index in [1.165, 1.54) is 6.20 Å². The van der Waals surface area contributed by atoms with Gasteiger partial charge in [-0.3, -0.25) is 0 Å². The van der Waals surface area contributed by atoms with Crippen LogP contribution in [0.25, 0.3) is 0 Å². The fraction of sp³-hybridized carbons (Fsp3) is 0.286. The molecule has 0 amide bonds. The van der Waals surface area contributed by atoms with E-state index in [4.69, 9.17) is 9.84 Å². The molecular weight excluding hydrogens is 160 g/mol. The summed E-state index contributed by atoms with van der Waals surface area (Å²) < 4.78 is 5.05. The zero-order chi connectivity index (χ0) is 8.55. The SMILES string of the molecule is O=C(O)c1ncc2c(n1)COC2. The van der Waals surface area contributed by atoms with Crippen molar-refractivity contribution < 1.29 is 14.6 Å². The lowest BCUT2D eigenvalue weighted by Gasteiger charge is -1.95. The van der Waals surface area contributed by atoms with Gasteiger partial charge < -0.3 is 9.84 Å². The van der Waals surface area contributed by atoms with E-state index < -0.39 is 5.97 Å². The molecule has 1 aliphatic rings. The molecule has 12 heavy (non-hydrogen) atoms. The van der Waals surface area contributed by atoms with Crippen molar-refractivity contribution in [2.45, 2.75) is 13.2 Å². The molecule has 0 radical (unpaired) electrons. The number of rotatable bonds is 1. The van der Waals surface area contributed by atoms with Crippen molar-refractivity contribution in [2.75, 3.05) is 0 Å². The third-order valence-electron chi connectivity index (χ3n) is 1.64. The summed E-state index contributed by atoms with van der Waals surface area (Å²) in [6.07, 6.45) is 1.50. The van der Waals surface area contributed by atoms with Crippen LogP contribution in [0.4, 0.5) is 0 Å². The number of carboxylic acid groups (broad SMARTS) is 1. The van der Waals surface area contributed by atoms with E-state index >= 15 is 0 Å². The predicted octanol–water partition coefficient (Wildman–Crippen LogP) is 0.205. The molecule has 0 fully saturated rings. The van der Waals surface area contributed by atoms with Crippen LogP contribution in [-0.4, -0.2) is 21.0 Å². The van der Waals surface area contributed by atoms with Crippen LogP contribution in [0.2, 0.25) is 0 Å². The van der Waals surface area contributed by atoms with E-state index in [9.17, 15) is 4.79 Å². The Hall–Kier alpha value is -1.49. The minimum Gasteiger partial charge on any atom is -0.475 e. The maximum atomic E-state index is 10.4. The van der Waals surface area contributed by atoms with Crippen LogP contribution in [0.15, 0.2) is 6.20 Å². The molecule has 2 rings (SSSR count). The number of carboxylic acids is 1. The quantitative estimate of drug-likeness (QED) is 0.645. The molecule has 1 aliphatic heterocycles. The molecule has 0 unspecified atom stereocenters. The molecule has 0 saturated heterocycles. The number of carbonyl (C=O) groups is 1. The molecule has 0 aliphatic carbocycles. The van der Waals surface area contributed by atoms with Crippen molar-refractivity contribution in [3.05, 3.63) is 23.3 Å². The lowest BCUT2D eigenvalue weighted by Crippen LogP contribution is -2.06. The van der Waals surface area contributed by atoms with Crippen LogP contribution >= 0.6 is 0 Å². The number of aromatic carboxylic acids is 1. The van der Waals surface area contributed by atoms with Crippen LogP contribution in [0.3, 0.4) is 0 Å². The highest BCUT2D eigenvalue weighted by Crippen LogP contribution is 2.15. The first-order chi connectivity index (χ1) is 5.77. The van der Waals surface area contributed by atoms with Gasteiger partial charge in [0, 0.05) is 11.8 Å². The number of ether oxygens (including phenoxy) is 1. The highest BCUT2D eigenvalue weighted by molar-refractivity contribution is 5.83. The first-order valence-electron chi connectivity index (χ1n) is 3.43. The molecule has 1 aromatic rings. The van der Waals surface area contributed by atoms with Crippen molar-refractivity contribution in [3.63, 3.8) is 0 Å². The molecule has 0 saturated carbocycles. The molecule has 5 nitrogen and oxygen atoms in total. The Labute approximate surface area is 68.0 Å². The van der Waals surface area contributed by atoms with Crippen molar-refractivity contribution in [1.29, 1.82) is 0 Å². The third-order valence-corrected chi connectivity index (χ3v) is 1.64. The van der Waals surface area contributed by atoms with Gasteiger partial charge in [0.15, 0.2) is 0 Å². The smallest absolute Gasteiger partial charge is 0.373 e. The van der Waals surface area contributed by atoms with Crippen LogP contribution in [0.1, 0.15) is 21.9 Å². The van der Waals surface area contributed by atoms with E-state index in [-0.39, 0.29) is 5.82 Å². The van der Waals surface area contributed by atoms with E-state index in [0.717, 1.165) is 5.56 Å². The molecule has 2 heterocycles. The number of hydrogen-bond acceptors (Lipinski definition) is 4. The zero-order valence-corrected chi connectivity index (χ0v) is 6.15. The number of aromatic nitrogens is 2. The predicted molar refractivity (Wildman–Crippen MR) is 37.5 cm³/mol. The second kappa shape index (κ2) is 2.53. The number of nitrogens with zero attached hydrogens (tertiary/aromatic N) is 2. The first-order valence-corrected chi connectivity index (χ1v) is 3.43. The van der Waals surface area contributed by atoms with Gasteiger partial charge in [-0.05, 0) is 0 Å². The van der Waals surface area contributed by atoms with Gasteiger partial charge in [-0.15, -0.1) is 0 Å². The first kappa shape index (κ1) is 7.17. The van der Waals surface area contributed by atoms with E-state index in [1.54, 1.807) is 0 Å². The van der Waals surface area contributed by atoms with Gasteiger partial charge in [0.2, 0.25) is 5.82 Å². The third kappa shape index (κ3) is 1.04. The molecule has 0 aromatic carbocycles. The lowest BCUT2D eigenvalue weighted by atomic mass is 10.3. The largest absolute Gasteiger partial charge is 0.475 e. The van der Waals surface area contributed by atoms with Gasteiger partial charge in [-0.1, -0.05) is 0 Å². The highest BCUT2D eigenvalue weighted by Gasteiger charge is 2.16. The van der Waals surface area contributed by atoms with Crippen molar-refractivity contribution in [1.82, 2.24) is 9.97 Å². The van der Waals surface area contributed by atoms with Gasteiger partial charge in [0.05, 0.1) is 18.9 Å². The van der Waals surface area contributed by atoms with Gasteiger partial charge >= 0.3 is 5.97 Å². The number of fused-ring (bicyclic) bond motifs is 1. The molecule has 1 aromatic heterocycles. The normalized spacial score (nSPS) is 14.3. The Kier molecular flexibility index (Phi) is 1.51. The Bertz CT molecular complexity index is 337. The summed E-state index contributed by atoms with van der Waals surface area (Å²) in [5.74, 6) is -1.27. The molecule has 1 N–H and O–H groups in total. The summed E-state index contributed by atoms with van der Waals surface area (Å²) in [6.45, 7) is 0.868. The Balaban J connectivity index is 2.45. The molecular formula is C7H6N2O3. The summed E-state index contributed by atoms with van der Waals surface area (Å²) in [7, 11) is 0. The minimum atomic E-state index is -1.11. The molecule has 0 spiro atoms. The minimum absolute atomic E-state index is 0.167. The average molecular weight is 166 g/mol. The Morgan fingerprint density at radius 3 is 3.17 bits per heavy atom. The molecule has 62 valence electrons. The van der Waals surface area contributed by atoms with Crippen LogP contribution < -0.4 is 0 Å². The second-order valence-electron chi connectivity index (χ2n) is 2.46. The zero-order valence-electron chi connectivity index (χ0n) is 6.15. The summed E-state index contributed by atoms with van der Waals surface area (Å²) >= 11 is 0. The number of hydrogen-bond donors (Lipinski definition) is 1. The fourth-order valence-electron chi connectivity index (χ4n) is 1.05. The van der Waals surface area contributed by atoms with Crippen LogP contribution in [0.5, 0.6) is 0 Å². The van der Waals surface area contributed by atoms with Crippen molar-refractivity contribution >= 4 is 5.97 Å². The summed E-state index contributed by atoms with van der Waals surface area (Å²) in [4.78, 5) is 17.9. The lowest BCUT2D eigenvalue weighted by molar-refractivity contribution is 0.0683. The Morgan fingerprint density at radius 1 is 1.58 bits per heavy atom. The fourth-order valence-corrected chi connectivity index (χ4v) is 1.05. The summed E-state index contributed by atoms with van der Waals surface area (Å²) in [5, 5.41) is 8.55. The maximum absolute atomic E-state index is 10.4. The van der Waals surface area contributed by atoms with Crippen molar-refractivity contribution in [3.8, 4) is 0 Å². The second-order valence-corrected chi connectivity index (χ2v) is 2.46. The average Bonchev–Trinajstić information content (AvgIpc) is 2.49. The van der Waals surface area contributed by atoms with Crippen molar-refractivity contribution in [2.24, 2.45) is 0 Å². The van der Waals surface area contributed by atoms with Gasteiger partial charge in [-0.25, -0.2) is 14.8 Å². The monoisotopic (exact) mass is 166 g/mol. The van der Waals surface area contributed by atoms with E-state index in [2.05, 4.69) is 9.97 Å².